The van der Waals surface area contributed by atoms with Crippen molar-refractivity contribution in [2.45, 2.75) is 26.3 Å². The zero-order chi connectivity index (χ0) is 14.3. The Hall–Kier alpha value is -1.82. The van der Waals surface area contributed by atoms with E-state index in [1.807, 2.05) is 13.8 Å². The van der Waals surface area contributed by atoms with Gasteiger partial charge in [-0.2, -0.15) is 0 Å². The fourth-order valence-corrected chi connectivity index (χ4v) is 1.56. The molecule has 1 rings (SSSR count). The van der Waals surface area contributed by atoms with Crippen LogP contribution in [0.4, 0.5) is 0 Å². The Morgan fingerprint density at radius 2 is 2.16 bits per heavy atom. The molecule has 6 nitrogen and oxygen atoms in total. The third-order valence-electron chi connectivity index (χ3n) is 2.61. The van der Waals surface area contributed by atoms with Crippen molar-refractivity contribution in [3.63, 3.8) is 0 Å². The summed E-state index contributed by atoms with van der Waals surface area (Å²) in [5, 5.41) is 14.0. The van der Waals surface area contributed by atoms with Gasteiger partial charge in [0.2, 0.25) is 5.91 Å². The molecule has 0 aromatic carbocycles. The largest absolute Gasteiger partial charge is 0.459 e. The molecule has 0 radical (unpaired) electrons. The number of carbonyl (C=O) groups excluding carboxylic acids is 2. The molecule has 1 unspecified atom stereocenters. The maximum Gasteiger partial charge on any atom is 0.287 e. The summed E-state index contributed by atoms with van der Waals surface area (Å²) in [7, 11) is 0. The first-order valence-corrected chi connectivity index (χ1v) is 6.29. The van der Waals surface area contributed by atoms with Crippen molar-refractivity contribution in [1.82, 2.24) is 10.6 Å². The Morgan fingerprint density at radius 1 is 1.42 bits per heavy atom. The molecule has 0 aliphatic rings. The van der Waals surface area contributed by atoms with Gasteiger partial charge in [0.1, 0.15) is 6.04 Å². The van der Waals surface area contributed by atoms with Gasteiger partial charge in [-0.25, -0.2) is 0 Å². The van der Waals surface area contributed by atoms with Crippen molar-refractivity contribution in [3.8, 4) is 0 Å². The second kappa shape index (κ2) is 7.58. The van der Waals surface area contributed by atoms with E-state index in [4.69, 9.17) is 9.52 Å². The van der Waals surface area contributed by atoms with Crippen LogP contribution in [0, 0.1) is 5.92 Å². The lowest BCUT2D eigenvalue weighted by molar-refractivity contribution is -0.123. The van der Waals surface area contributed by atoms with Crippen molar-refractivity contribution in [2.75, 3.05) is 13.2 Å². The molecule has 19 heavy (non-hydrogen) atoms. The first-order valence-electron chi connectivity index (χ1n) is 6.29. The molecular weight excluding hydrogens is 248 g/mol. The lowest BCUT2D eigenvalue weighted by Gasteiger charge is -2.21. The highest BCUT2D eigenvalue weighted by Crippen LogP contribution is 2.05. The van der Waals surface area contributed by atoms with Crippen molar-refractivity contribution < 1.29 is 19.1 Å². The number of carbonyl (C=O) groups is 2. The molecule has 106 valence electrons. The summed E-state index contributed by atoms with van der Waals surface area (Å²) in [4.78, 5) is 23.8. The normalized spacial score (nSPS) is 12.2. The minimum absolute atomic E-state index is 0.0192. The van der Waals surface area contributed by atoms with Gasteiger partial charge in [0.05, 0.1) is 6.26 Å². The molecule has 0 bridgehead atoms. The van der Waals surface area contributed by atoms with Crippen molar-refractivity contribution in [2.24, 2.45) is 5.92 Å². The Labute approximate surface area is 112 Å². The maximum atomic E-state index is 11.9. The van der Waals surface area contributed by atoms with Crippen LogP contribution in [-0.2, 0) is 4.79 Å². The highest BCUT2D eigenvalue weighted by atomic mass is 16.3. The van der Waals surface area contributed by atoms with E-state index in [0.717, 1.165) is 0 Å². The van der Waals surface area contributed by atoms with Crippen LogP contribution in [0.25, 0.3) is 0 Å². The van der Waals surface area contributed by atoms with Crippen LogP contribution in [0.1, 0.15) is 30.8 Å². The van der Waals surface area contributed by atoms with Gasteiger partial charge in [-0.15, -0.1) is 0 Å². The number of nitrogens with one attached hydrogen (secondary N) is 2. The van der Waals surface area contributed by atoms with Gasteiger partial charge in [-0.3, -0.25) is 9.59 Å². The van der Waals surface area contributed by atoms with Crippen molar-refractivity contribution in [1.29, 1.82) is 0 Å². The van der Waals surface area contributed by atoms with Crippen LogP contribution in [0.3, 0.4) is 0 Å². The molecule has 0 fully saturated rings. The monoisotopic (exact) mass is 268 g/mol. The smallest absolute Gasteiger partial charge is 0.287 e. The zero-order valence-corrected chi connectivity index (χ0v) is 11.2. The third-order valence-corrected chi connectivity index (χ3v) is 2.61. The Balaban J connectivity index is 2.57. The number of hydrogen-bond acceptors (Lipinski definition) is 4. The third kappa shape index (κ3) is 4.75. The Kier molecular flexibility index (Phi) is 6.08. The average Bonchev–Trinajstić information content (AvgIpc) is 2.89. The predicted octanol–water partition coefficient (Wildman–Crippen LogP) is 0.533. The van der Waals surface area contributed by atoms with Crippen LogP contribution in [-0.4, -0.2) is 36.1 Å². The van der Waals surface area contributed by atoms with Crippen LogP contribution in [0.15, 0.2) is 22.8 Å². The summed E-state index contributed by atoms with van der Waals surface area (Å²) in [6, 6.07) is 2.52. The molecule has 6 heteroatoms. The predicted molar refractivity (Wildman–Crippen MR) is 69.5 cm³/mol. The number of amides is 2. The quantitative estimate of drug-likeness (QED) is 0.629. The van der Waals surface area contributed by atoms with E-state index in [0.29, 0.717) is 13.0 Å². The topological polar surface area (TPSA) is 91.6 Å². The lowest BCUT2D eigenvalue weighted by atomic mass is 10.0. The van der Waals surface area contributed by atoms with E-state index in [-0.39, 0.29) is 24.2 Å². The van der Waals surface area contributed by atoms with Gasteiger partial charge in [0.15, 0.2) is 5.76 Å². The van der Waals surface area contributed by atoms with E-state index in [9.17, 15) is 9.59 Å². The number of aliphatic hydroxyl groups excluding tert-OH is 1. The first kappa shape index (κ1) is 15.2. The summed E-state index contributed by atoms with van der Waals surface area (Å²) in [6.45, 7) is 4.10. The Bertz CT molecular complexity index is 401. The standard InChI is InChI=1S/C13H20N2O4/c1-9(2)11(13(18)14-6-4-7-16)15-12(17)10-5-3-8-19-10/h3,5,8-9,11,16H,4,6-7H2,1-2H3,(H,14,18)(H,15,17). The maximum absolute atomic E-state index is 11.9. The molecule has 0 saturated heterocycles. The summed E-state index contributed by atoms with van der Waals surface area (Å²) < 4.78 is 4.98. The van der Waals surface area contributed by atoms with Crippen LogP contribution in [0.2, 0.25) is 0 Å². The summed E-state index contributed by atoms with van der Waals surface area (Å²) in [5.41, 5.74) is 0. The molecule has 1 atom stereocenters. The molecule has 0 aliphatic carbocycles. The molecule has 1 aromatic heterocycles. The van der Waals surface area contributed by atoms with Gasteiger partial charge in [0.25, 0.3) is 5.91 Å². The zero-order valence-electron chi connectivity index (χ0n) is 11.2. The first-order chi connectivity index (χ1) is 9.06. The molecule has 0 spiro atoms. The van der Waals surface area contributed by atoms with Gasteiger partial charge in [-0.1, -0.05) is 13.8 Å². The van der Waals surface area contributed by atoms with Crippen LogP contribution in [0.5, 0.6) is 0 Å². The highest BCUT2D eigenvalue weighted by molar-refractivity contribution is 5.95. The summed E-state index contributed by atoms with van der Waals surface area (Å²) in [5.74, 6) is -0.550. The van der Waals surface area contributed by atoms with Gasteiger partial charge in [-0.05, 0) is 24.5 Å². The van der Waals surface area contributed by atoms with Crippen molar-refractivity contribution >= 4 is 11.8 Å². The van der Waals surface area contributed by atoms with E-state index in [1.54, 1.807) is 6.07 Å². The summed E-state index contributed by atoms with van der Waals surface area (Å²) >= 11 is 0. The van der Waals surface area contributed by atoms with E-state index >= 15 is 0 Å². The molecule has 1 heterocycles. The van der Waals surface area contributed by atoms with Gasteiger partial charge < -0.3 is 20.2 Å². The van der Waals surface area contributed by atoms with Gasteiger partial charge >= 0.3 is 0 Å². The average molecular weight is 268 g/mol. The molecular formula is C13H20N2O4. The Morgan fingerprint density at radius 3 is 2.68 bits per heavy atom. The minimum Gasteiger partial charge on any atom is -0.459 e. The van der Waals surface area contributed by atoms with Crippen LogP contribution < -0.4 is 10.6 Å². The SMILES string of the molecule is CC(C)C(NC(=O)c1ccco1)C(=O)NCCCO. The fourth-order valence-electron chi connectivity index (χ4n) is 1.56. The van der Waals surface area contributed by atoms with E-state index < -0.39 is 11.9 Å². The molecule has 2 amide bonds. The van der Waals surface area contributed by atoms with Gasteiger partial charge in [0, 0.05) is 13.2 Å². The number of furan rings is 1. The van der Waals surface area contributed by atoms with Crippen molar-refractivity contribution in [3.05, 3.63) is 24.2 Å². The minimum atomic E-state index is -0.628. The number of aliphatic hydroxyl groups is 1. The second-order valence-electron chi connectivity index (χ2n) is 4.54. The molecule has 0 aliphatic heterocycles. The van der Waals surface area contributed by atoms with Crippen LogP contribution >= 0.6 is 0 Å². The number of rotatable bonds is 7. The summed E-state index contributed by atoms with van der Waals surface area (Å²) in [6.07, 6.45) is 1.89. The second-order valence-corrected chi connectivity index (χ2v) is 4.54. The molecule has 0 saturated carbocycles. The highest BCUT2D eigenvalue weighted by Gasteiger charge is 2.25. The van der Waals surface area contributed by atoms with E-state index in [2.05, 4.69) is 10.6 Å². The molecule has 3 N–H and O–H groups in total. The van der Waals surface area contributed by atoms with E-state index in [1.165, 1.54) is 12.3 Å². The molecule has 1 aromatic rings. The number of hydrogen-bond donors (Lipinski definition) is 3. The lowest BCUT2D eigenvalue weighted by Crippen LogP contribution is -2.49. The fraction of sp³-hybridized carbons (Fsp3) is 0.538.